The van der Waals surface area contributed by atoms with Crippen LogP contribution in [0, 0.1) is 0 Å². The molecule has 1 heterocycles. The highest BCUT2D eigenvalue weighted by Crippen LogP contribution is 2.34. The molecular weight excluding hydrogens is 341 g/mol. The van der Waals surface area contributed by atoms with E-state index in [-0.39, 0.29) is 6.42 Å². The van der Waals surface area contributed by atoms with E-state index in [9.17, 15) is 4.79 Å². The Labute approximate surface area is 135 Å². The summed E-state index contributed by atoms with van der Waals surface area (Å²) in [7, 11) is 0. The van der Waals surface area contributed by atoms with Crippen LogP contribution in [0.25, 0.3) is 0 Å². The number of hydrogen-bond donors (Lipinski definition) is 2. The molecule has 0 aliphatic heterocycles. The number of rotatable bonds is 5. The maximum atomic E-state index is 10.6. The van der Waals surface area contributed by atoms with E-state index in [4.69, 9.17) is 39.9 Å². The van der Waals surface area contributed by atoms with Crippen molar-refractivity contribution in [1.29, 1.82) is 0 Å². The van der Waals surface area contributed by atoms with E-state index in [2.05, 4.69) is 5.32 Å². The monoisotopic (exact) mass is 349 g/mol. The molecule has 0 bridgehead atoms. The molecule has 106 valence electrons. The number of nitrogens with one attached hydrogen (secondary N) is 1. The topological polar surface area (TPSA) is 49.3 Å². The van der Waals surface area contributed by atoms with E-state index < -0.39 is 5.97 Å². The molecule has 0 saturated carbocycles. The van der Waals surface area contributed by atoms with Crippen LogP contribution < -0.4 is 5.32 Å². The van der Waals surface area contributed by atoms with E-state index in [1.807, 2.05) is 6.07 Å². The summed E-state index contributed by atoms with van der Waals surface area (Å²) in [6, 6.07) is 6.91. The Kier molecular flexibility index (Phi) is 5.16. The van der Waals surface area contributed by atoms with Crippen molar-refractivity contribution >= 4 is 57.8 Å². The summed E-state index contributed by atoms with van der Waals surface area (Å²) in [6.45, 7) is 0.519. The smallest absolute Gasteiger partial charge is 0.308 e. The van der Waals surface area contributed by atoms with Crippen LogP contribution in [0.4, 0.5) is 5.69 Å². The summed E-state index contributed by atoms with van der Waals surface area (Å²) in [5.41, 5.74) is 0.617. The van der Waals surface area contributed by atoms with Gasteiger partial charge in [-0.3, -0.25) is 4.79 Å². The molecule has 0 unspecified atom stereocenters. The minimum atomic E-state index is -0.838. The second kappa shape index (κ2) is 6.68. The number of aliphatic carboxylic acids is 1. The van der Waals surface area contributed by atoms with Gasteiger partial charge in [0, 0.05) is 21.3 Å². The summed E-state index contributed by atoms with van der Waals surface area (Å²) < 4.78 is 0. The first kappa shape index (κ1) is 15.4. The Hall–Kier alpha value is -0.940. The average molecular weight is 351 g/mol. The summed E-state index contributed by atoms with van der Waals surface area (Å²) >= 11 is 19.4. The molecular formula is C13H10Cl3NO2S. The summed E-state index contributed by atoms with van der Waals surface area (Å²) in [5.74, 6) is -0.838. The van der Waals surface area contributed by atoms with Crippen molar-refractivity contribution in [2.75, 3.05) is 5.32 Å². The van der Waals surface area contributed by atoms with Crippen LogP contribution in [0.5, 0.6) is 0 Å². The maximum Gasteiger partial charge on any atom is 0.308 e. The third-order valence-corrected chi connectivity index (χ3v) is 4.39. The summed E-state index contributed by atoms with van der Waals surface area (Å²) in [4.78, 5) is 12.4. The van der Waals surface area contributed by atoms with Crippen LogP contribution in [0.3, 0.4) is 0 Å². The van der Waals surface area contributed by atoms with Gasteiger partial charge in [0.15, 0.2) is 0 Å². The minimum absolute atomic E-state index is 0.0348. The largest absolute Gasteiger partial charge is 0.481 e. The van der Waals surface area contributed by atoms with Gasteiger partial charge in [-0.1, -0.05) is 34.8 Å². The van der Waals surface area contributed by atoms with Crippen molar-refractivity contribution in [2.45, 2.75) is 13.0 Å². The minimum Gasteiger partial charge on any atom is -0.481 e. The first-order valence-corrected chi connectivity index (χ1v) is 7.58. The molecule has 0 fully saturated rings. The Bertz CT molecular complexity index is 619. The van der Waals surface area contributed by atoms with Gasteiger partial charge in [-0.15, -0.1) is 11.3 Å². The first-order chi connectivity index (χ1) is 9.45. The van der Waals surface area contributed by atoms with Gasteiger partial charge in [0.1, 0.15) is 0 Å². The Morgan fingerprint density at radius 3 is 2.35 bits per heavy atom. The molecule has 0 radical (unpaired) electrons. The maximum absolute atomic E-state index is 10.6. The predicted octanol–water partition coefficient (Wildman–Crippen LogP) is 4.95. The van der Waals surface area contributed by atoms with E-state index in [0.29, 0.717) is 27.3 Å². The van der Waals surface area contributed by atoms with Gasteiger partial charge < -0.3 is 10.4 Å². The van der Waals surface area contributed by atoms with Crippen LogP contribution in [-0.4, -0.2) is 11.1 Å². The fourth-order valence-electron chi connectivity index (χ4n) is 1.65. The van der Waals surface area contributed by atoms with Crippen molar-refractivity contribution in [1.82, 2.24) is 0 Å². The molecule has 2 aromatic rings. The molecule has 0 aliphatic rings. The number of halogens is 3. The Morgan fingerprint density at radius 2 is 1.75 bits per heavy atom. The molecule has 7 heteroatoms. The van der Waals surface area contributed by atoms with Crippen molar-refractivity contribution in [2.24, 2.45) is 0 Å². The van der Waals surface area contributed by atoms with Crippen LogP contribution in [0.2, 0.25) is 15.1 Å². The molecule has 3 nitrogen and oxygen atoms in total. The number of benzene rings is 1. The van der Waals surface area contributed by atoms with Crippen molar-refractivity contribution in [3.05, 3.63) is 49.1 Å². The Balaban J connectivity index is 2.05. The quantitative estimate of drug-likeness (QED) is 0.802. The normalized spacial score (nSPS) is 10.6. The Morgan fingerprint density at radius 1 is 1.15 bits per heavy atom. The lowest BCUT2D eigenvalue weighted by Gasteiger charge is -2.09. The highest BCUT2D eigenvalue weighted by molar-refractivity contribution is 7.12. The fraction of sp³-hybridized carbons (Fsp3) is 0.154. The SMILES string of the molecule is O=C(O)Cc1ccc(CNc2c(Cl)cc(Cl)cc2Cl)s1. The van der Waals surface area contributed by atoms with E-state index >= 15 is 0 Å². The molecule has 2 rings (SSSR count). The lowest BCUT2D eigenvalue weighted by molar-refractivity contribution is -0.136. The van der Waals surface area contributed by atoms with Crippen LogP contribution in [-0.2, 0) is 17.8 Å². The highest BCUT2D eigenvalue weighted by atomic mass is 35.5. The van der Waals surface area contributed by atoms with E-state index in [1.165, 1.54) is 11.3 Å². The van der Waals surface area contributed by atoms with Gasteiger partial charge in [0.25, 0.3) is 0 Å². The molecule has 1 aromatic heterocycles. The predicted molar refractivity (Wildman–Crippen MR) is 84.5 cm³/mol. The fourth-order valence-corrected chi connectivity index (χ4v) is 3.55. The summed E-state index contributed by atoms with van der Waals surface area (Å²) in [5, 5.41) is 13.2. The van der Waals surface area contributed by atoms with Gasteiger partial charge >= 0.3 is 5.97 Å². The molecule has 2 N–H and O–H groups in total. The van der Waals surface area contributed by atoms with Gasteiger partial charge in [0.2, 0.25) is 0 Å². The lowest BCUT2D eigenvalue weighted by atomic mass is 10.3. The number of carboxylic acids is 1. The molecule has 0 amide bonds. The van der Waals surface area contributed by atoms with E-state index in [0.717, 1.165) is 9.75 Å². The zero-order chi connectivity index (χ0) is 14.7. The number of anilines is 1. The lowest BCUT2D eigenvalue weighted by Crippen LogP contribution is -1.99. The first-order valence-electron chi connectivity index (χ1n) is 5.63. The van der Waals surface area contributed by atoms with Crippen LogP contribution in [0.1, 0.15) is 9.75 Å². The van der Waals surface area contributed by atoms with Gasteiger partial charge in [-0.2, -0.15) is 0 Å². The second-order valence-electron chi connectivity index (χ2n) is 4.04. The average Bonchev–Trinajstić information content (AvgIpc) is 2.74. The van der Waals surface area contributed by atoms with Crippen molar-refractivity contribution in [3.63, 3.8) is 0 Å². The van der Waals surface area contributed by atoms with Gasteiger partial charge in [0.05, 0.1) is 22.2 Å². The van der Waals surface area contributed by atoms with Crippen molar-refractivity contribution < 1.29 is 9.90 Å². The highest BCUT2D eigenvalue weighted by Gasteiger charge is 2.09. The second-order valence-corrected chi connectivity index (χ2v) is 6.54. The summed E-state index contributed by atoms with van der Waals surface area (Å²) in [6.07, 6.45) is 0.0348. The molecule has 0 aliphatic carbocycles. The van der Waals surface area contributed by atoms with Gasteiger partial charge in [-0.05, 0) is 24.3 Å². The van der Waals surface area contributed by atoms with Crippen LogP contribution in [0.15, 0.2) is 24.3 Å². The van der Waals surface area contributed by atoms with Gasteiger partial charge in [-0.25, -0.2) is 0 Å². The number of carbonyl (C=O) groups is 1. The van der Waals surface area contributed by atoms with Crippen molar-refractivity contribution in [3.8, 4) is 0 Å². The molecule has 1 aromatic carbocycles. The van der Waals surface area contributed by atoms with Crippen LogP contribution >= 0.6 is 46.1 Å². The standard InChI is InChI=1S/C13H10Cl3NO2S/c14-7-3-10(15)13(11(16)4-7)17-6-9-2-1-8(20-9)5-12(18)19/h1-4,17H,5-6H2,(H,18,19). The molecule has 0 spiro atoms. The van der Waals surface area contributed by atoms with E-state index in [1.54, 1.807) is 18.2 Å². The molecule has 0 saturated heterocycles. The third kappa shape index (κ3) is 4.03. The number of hydrogen-bond acceptors (Lipinski definition) is 3. The molecule has 0 atom stereocenters. The zero-order valence-corrected chi connectivity index (χ0v) is 13.2. The zero-order valence-electron chi connectivity index (χ0n) is 10.1. The third-order valence-electron chi connectivity index (χ3n) is 2.49. The number of thiophene rings is 1. The molecule has 20 heavy (non-hydrogen) atoms. The number of carboxylic acid groups (broad SMARTS) is 1.